The summed E-state index contributed by atoms with van der Waals surface area (Å²) < 4.78 is 36.4. The Morgan fingerprint density at radius 1 is 0.974 bits per heavy atom. The van der Waals surface area contributed by atoms with E-state index in [2.05, 4.69) is 4.72 Å². The van der Waals surface area contributed by atoms with Crippen molar-refractivity contribution in [2.45, 2.75) is 11.8 Å². The molecule has 0 radical (unpaired) electrons. The number of aromatic nitrogens is 2. The van der Waals surface area contributed by atoms with Gasteiger partial charge < -0.3 is 4.74 Å². The first-order valence-corrected chi connectivity index (χ1v) is 12.9. The smallest absolute Gasteiger partial charge is 0.338 e. The van der Waals surface area contributed by atoms with E-state index < -0.39 is 38.9 Å². The van der Waals surface area contributed by atoms with Crippen LogP contribution in [0.4, 0.5) is 11.4 Å². The van der Waals surface area contributed by atoms with E-state index in [-0.39, 0.29) is 27.4 Å². The fourth-order valence-corrected chi connectivity index (χ4v) is 4.92. The van der Waals surface area contributed by atoms with E-state index in [0.717, 1.165) is 12.1 Å². The lowest BCUT2D eigenvalue weighted by molar-refractivity contribution is -0.384. The Balaban J connectivity index is 1.52. The number of carbonyl (C=O) groups excluding carboxylic acids is 2. The van der Waals surface area contributed by atoms with Crippen molar-refractivity contribution in [3.8, 4) is 5.69 Å². The number of ketones is 1. The molecule has 12 nitrogen and oxygen atoms in total. The van der Waals surface area contributed by atoms with Crippen LogP contribution in [0.2, 0.25) is 0 Å². The van der Waals surface area contributed by atoms with Crippen molar-refractivity contribution in [2.24, 2.45) is 7.05 Å². The van der Waals surface area contributed by atoms with Gasteiger partial charge in [0.15, 0.2) is 6.61 Å². The van der Waals surface area contributed by atoms with Crippen molar-refractivity contribution < 1.29 is 27.7 Å². The first kappa shape index (κ1) is 27.0. The molecule has 0 aliphatic carbocycles. The number of hydrogen-bond donors (Lipinski definition) is 1. The van der Waals surface area contributed by atoms with E-state index >= 15 is 0 Å². The Morgan fingerprint density at radius 2 is 1.64 bits per heavy atom. The molecule has 0 fully saturated rings. The number of nitrogens with zero attached hydrogens (tertiary/aromatic N) is 3. The number of esters is 1. The van der Waals surface area contributed by atoms with Gasteiger partial charge in [0.1, 0.15) is 5.69 Å². The Labute approximate surface area is 222 Å². The molecule has 0 spiro atoms. The predicted molar refractivity (Wildman–Crippen MR) is 141 cm³/mol. The molecule has 0 saturated heterocycles. The van der Waals surface area contributed by atoms with Crippen molar-refractivity contribution in [1.82, 2.24) is 9.36 Å². The average molecular weight is 551 g/mol. The number of nitro benzene ring substituents is 1. The maximum Gasteiger partial charge on any atom is 0.338 e. The molecule has 0 amide bonds. The molecule has 0 saturated carbocycles. The summed E-state index contributed by atoms with van der Waals surface area (Å²) in [6.45, 7) is 0.877. The standard InChI is InChI=1S/C26H22N4O8S/c1-17-24(25(32)29(28(17)2)20-10-4-3-5-11-20)27-39(36,37)22-13-7-9-19(15-22)26(33)38-16-23(31)18-8-6-12-21(14-18)30(34)35/h3-15,27H,16H2,1-2H3. The quantitative estimate of drug-likeness (QED) is 0.144. The highest BCUT2D eigenvalue weighted by Gasteiger charge is 2.24. The molecule has 200 valence electrons. The van der Waals surface area contributed by atoms with Crippen LogP contribution in [-0.2, 0) is 21.8 Å². The minimum atomic E-state index is -4.30. The van der Waals surface area contributed by atoms with Crippen molar-refractivity contribution in [3.63, 3.8) is 0 Å². The number of para-hydroxylation sites is 1. The predicted octanol–water partition coefficient (Wildman–Crippen LogP) is 3.23. The Bertz CT molecular complexity index is 1760. The lowest BCUT2D eigenvalue weighted by Gasteiger charge is -2.09. The van der Waals surface area contributed by atoms with Gasteiger partial charge in [-0.1, -0.05) is 36.4 Å². The van der Waals surface area contributed by atoms with E-state index in [1.807, 2.05) is 0 Å². The van der Waals surface area contributed by atoms with Crippen LogP contribution in [0.5, 0.6) is 0 Å². The third-order valence-corrected chi connectivity index (χ3v) is 7.23. The molecule has 0 aliphatic rings. The number of nitrogens with one attached hydrogen (secondary N) is 1. The molecule has 0 bridgehead atoms. The lowest BCUT2D eigenvalue weighted by atomic mass is 10.1. The summed E-state index contributed by atoms with van der Waals surface area (Å²) in [5, 5.41) is 10.9. The van der Waals surface area contributed by atoms with Crippen LogP contribution in [0.15, 0.2) is 88.6 Å². The Morgan fingerprint density at radius 3 is 2.33 bits per heavy atom. The van der Waals surface area contributed by atoms with Crippen LogP contribution in [0, 0.1) is 17.0 Å². The van der Waals surface area contributed by atoms with Gasteiger partial charge in [-0.25, -0.2) is 17.9 Å². The summed E-state index contributed by atoms with van der Waals surface area (Å²) in [6, 6.07) is 18.6. The molecule has 1 aromatic heterocycles. The van der Waals surface area contributed by atoms with E-state index in [9.17, 15) is 32.9 Å². The lowest BCUT2D eigenvalue weighted by Crippen LogP contribution is -2.23. The van der Waals surface area contributed by atoms with E-state index in [0.29, 0.717) is 11.4 Å². The highest BCUT2D eigenvalue weighted by atomic mass is 32.2. The van der Waals surface area contributed by atoms with Gasteiger partial charge in [0, 0.05) is 24.7 Å². The zero-order valence-electron chi connectivity index (χ0n) is 20.7. The monoisotopic (exact) mass is 550 g/mol. The second kappa shape index (κ2) is 10.8. The second-order valence-electron chi connectivity index (χ2n) is 8.38. The Hall–Kier alpha value is -5.04. The van der Waals surface area contributed by atoms with E-state index in [1.54, 1.807) is 44.3 Å². The third kappa shape index (κ3) is 5.62. The van der Waals surface area contributed by atoms with Gasteiger partial charge in [-0.15, -0.1) is 0 Å². The van der Waals surface area contributed by atoms with Crippen LogP contribution in [-0.4, -0.2) is 41.1 Å². The van der Waals surface area contributed by atoms with Gasteiger partial charge in [0.2, 0.25) is 5.78 Å². The van der Waals surface area contributed by atoms with Crippen molar-refractivity contribution in [1.29, 1.82) is 0 Å². The number of Topliss-reactive ketones (excluding diaryl/α,β-unsaturated/α-hetero) is 1. The summed E-state index contributed by atoms with van der Waals surface area (Å²) >= 11 is 0. The fraction of sp³-hybridized carbons (Fsp3) is 0.115. The van der Waals surface area contributed by atoms with Crippen LogP contribution < -0.4 is 10.3 Å². The molecule has 4 rings (SSSR count). The summed E-state index contributed by atoms with van der Waals surface area (Å²) in [6.07, 6.45) is 0. The van der Waals surface area contributed by atoms with Crippen LogP contribution in [0.3, 0.4) is 0 Å². The summed E-state index contributed by atoms with van der Waals surface area (Å²) in [5.74, 6) is -1.65. The number of carbonyl (C=O) groups is 2. The number of benzene rings is 3. The number of rotatable bonds is 9. The summed E-state index contributed by atoms with van der Waals surface area (Å²) in [5.41, 5.74) is -0.294. The minimum Gasteiger partial charge on any atom is -0.454 e. The molecule has 39 heavy (non-hydrogen) atoms. The number of ether oxygens (including phenoxy) is 1. The largest absolute Gasteiger partial charge is 0.454 e. The number of hydrogen-bond acceptors (Lipinski definition) is 8. The number of non-ortho nitro benzene ring substituents is 1. The molecule has 0 aliphatic heterocycles. The molecule has 1 heterocycles. The zero-order valence-corrected chi connectivity index (χ0v) is 21.5. The Kier molecular flexibility index (Phi) is 7.44. The van der Waals surface area contributed by atoms with Gasteiger partial charge in [-0.05, 0) is 37.3 Å². The number of nitro groups is 1. The topological polar surface area (TPSA) is 160 Å². The van der Waals surface area contributed by atoms with Crippen molar-refractivity contribution in [3.05, 3.63) is 116 Å². The highest BCUT2D eigenvalue weighted by molar-refractivity contribution is 7.92. The highest BCUT2D eigenvalue weighted by Crippen LogP contribution is 2.20. The van der Waals surface area contributed by atoms with Gasteiger partial charge in [-0.3, -0.25) is 29.1 Å². The van der Waals surface area contributed by atoms with Gasteiger partial charge in [0.25, 0.3) is 21.3 Å². The molecular weight excluding hydrogens is 528 g/mol. The molecule has 0 unspecified atom stereocenters. The maximum atomic E-state index is 13.1. The average Bonchev–Trinajstić information content (AvgIpc) is 3.14. The number of anilines is 1. The third-order valence-electron chi connectivity index (χ3n) is 5.88. The molecule has 1 N–H and O–H groups in total. The van der Waals surface area contributed by atoms with Gasteiger partial charge in [-0.2, -0.15) is 0 Å². The first-order valence-electron chi connectivity index (χ1n) is 11.4. The normalized spacial score (nSPS) is 11.1. The fourth-order valence-electron chi connectivity index (χ4n) is 3.76. The van der Waals surface area contributed by atoms with E-state index in [4.69, 9.17) is 4.74 Å². The molecule has 3 aromatic carbocycles. The van der Waals surface area contributed by atoms with Crippen LogP contribution >= 0.6 is 0 Å². The first-order chi connectivity index (χ1) is 18.5. The SMILES string of the molecule is Cc1c(NS(=O)(=O)c2cccc(C(=O)OCC(=O)c3cccc([N+](=O)[O-])c3)c2)c(=O)n(-c2ccccc2)n1C. The number of sulfonamides is 1. The molecule has 0 atom stereocenters. The minimum absolute atomic E-state index is 0.0167. The maximum absolute atomic E-state index is 13.1. The van der Waals surface area contributed by atoms with Crippen LogP contribution in [0.25, 0.3) is 5.69 Å². The summed E-state index contributed by atoms with van der Waals surface area (Å²) in [7, 11) is -2.68. The molecular formula is C26H22N4O8S. The molecule has 4 aromatic rings. The van der Waals surface area contributed by atoms with Gasteiger partial charge >= 0.3 is 5.97 Å². The van der Waals surface area contributed by atoms with Crippen LogP contribution in [0.1, 0.15) is 26.4 Å². The molecule has 13 heteroatoms. The van der Waals surface area contributed by atoms with Crippen molar-refractivity contribution >= 4 is 33.2 Å². The van der Waals surface area contributed by atoms with Gasteiger partial charge in [0.05, 0.1) is 26.8 Å². The second-order valence-corrected chi connectivity index (χ2v) is 10.1. The summed E-state index contributed by atoms with van der Waals surface area (Å²) in [4.78, 5) is 47.9. The zero-order chi connectivity index (χ0) is 28.3. The van der Waals surface area contributed by atoms with Crippen molar-refractivity contribution in [2.75, 3.05) is 11.3 Å². The van der Waals surface area contributed by atoms with E-state index in [1.165, 1.54) is 45.8 Å².